The van der Waals surface area contributed by atoms with Crippen molar-refractivity contribution < 1.29 is 24.5 Å². The minimum absolute atomic E-state index is 0.0150. The quantitative estimate of drug-likeness (QED) is 0.0320. The standard InChI is InChI=1S/C72H137NO5/c1-3-5-7-9-11-13-15-17-19-20-31-35-38-42-46-50-54-58-62-66-72(77)78-67-63-59-55-51-47-43-39-36-33-30-28-26-24-22-21-23-25-27-29-32-34-37-41-45-49-53-57-61-65-71(76)73-69(68-74)70(75)64-60-56-52-48-44-40-18-16-14-12-10-8-6-4-2/h11,13,17,19,60,64,69-70,74-75H,3-10,12,14-16,18,20-59,61-63,65-68H2,1-2H3,(H,73,76)/b13-11-,19-17-,64-60+. The molecular weight excluding hydrogens is 959 g/mol. The molecule has 1 amide bonds. The van der Waals surface area contributed by atoms with Crippen LogP contribution in [0.15, 0.2) is 36.5 Å². The van der Waals surface area contributed by atoms with Crippen molar-refractivity contribution in [1.29, 1.82) is 0 Å². The smallest absolute Gasteiger partial charge is 0.305 e. The lowest BCUT2D eigenvalue weighted by Gasteiger charge is -2.20. The van der Waals surface area contributed by atoms with Gasteiger partial charge in [0.1, 0.15) is 0 Å². The zero-order chi connectivity index (χ0) is 56.4. The van der Waals surface area contributed by atoms with Gasteiger partial charge in [-0.05, 0) is 64.2 Å². The number of aliphatic hydroxyl groups is 2. The molecule has 6 heteroatoms. The fourth-order valence-corrected chi connectivity index (χ4v) is 11.0. The summed E-state index contributed by atoms with van der Waals surface area (Å²) in [5, 5.41) is 23.1. The van der Waals surface area contributed by atoms with Gasteiger partial charge < -0.3 is 20.3 Å². The molecule has 0 spiro atoms. The van der Waals surface area contributed by atoms with Crippen LogP contribution in [-0.2, 0) is 14.3 Å². The Kier molecular flexibility index (Phi) is 65.9. The lowest BCUT2D eigenvalue weighted by atomic mass is 10.0. The SMILES string of the molecule is CCCCC/C=C\C/C=C\CCCCCCCCCCCC(=O)OCCCCCCCCCCCCCCCCCCCCCCCCCCCCCCC(=O)NC(CO)C(O)/C=C/CCCCCCCCCCCCCC. The van der Waals surface area contributed by atoms with Crippen LogP contribution in [0, 0.1) is 0 Å². The predicted molar refractivity (Wildman–Crippen MR) is 343 cm³/mol. The third kappa shape index (κ3) is 63.3. The van der Waals surface area contributed by atoms with Gasteiger partial charge in [0.15, 0.2) is 0 Å². The van der Waals surface area contributed by atoms with E-state index in [9.17, 15) is 19.8 Å². The predicted octanol–water partition coefficient (Wildman–Crippen LogP) is 22.7. The van der Waals surface area contributed by atoms with E-state index in [1.54, 1.807) is 6.08 Å². The summed E-state index contributed by atoms with van der Waals surface area (Å²) in [5.41, 5.74) is 0. The summed E-state index contributed by atoms with van der Waals surface area (Å²) in [6, 6.07) is -0.625. The molecule has 0 aliphatic rings. The van der Waals surface area contributed by atoms with E-state index in [0.29, 0.717) is 19.4 Å². The summed E-state index contributed by atoms with van der Waals surface area (Å²) in [4.78, 5) is 24.6. The van der Waals surface area contributed by atoms with Crippen molar-refractivity contribution in [2.45, 2.75) is 398 Å². The van der Waals surface area contributed by atoms with Crippen molar-refractivity contribution in [3.63, 3.8) is 0 Å². The molecule has 2 atom stereocenters. The summed E-state index contributed by atoms with van der Waals surface area (Å²) in [7, 11) is 0. The highest BCUT2D eigenvalue weighted by atomic mass is 16.5. The van der Waals surface area contributed by atoms with E-state index < -0.39 is 12.1 Å². The van der Waals surface area contributed by atoms with E-state index in [0.717, 1.165) is 51.4 Å². The third-order valence-corrected chi connectivity index (χ3v) is 16.4. The highest BCUT2D eigenvalue weighted by molar-refractivity contribution is 5.76. The lowest BCUT2D eigenvalue weighted by molar-refractivity contribution is -0.143. The van der Waals surface area contributed by atoms with Gasteiger partial charge in [-0.25, -0.2) is 0 Å². The second-order valence-corrected chi connectivity index (χ2v) is 24.2. The molecule has 0 saturated heterocycles. The molecule has 6 nitrogen and oxygen atoms in total. The number of carbonyl (C=O) groups excluding carboxylic acids is 2. The maximum Gasteiger partial charge on any atom is 0.305 e. The molecule has 2 unspecified atom stereocenters. The van der Waals surface area contributed by atoms with Gasteiger partial charge in [0.05, 0.1) is 25.4 Å². The second kappa shape index (κ2) is 67.6. The number of hydrogen-bond acceptors (Lipinski definition) is 5. The Bertz CT molecular complexity index is 1260. The van der Waals surface area contributed by atoms with Gasteiger partial charge in [-0.15, -0.1) is 0 Å². The number of aliphatic hydroxyl groups excluding tert-OH is 2. The summed E-state index contributed by atoms with van der Waals surface area (Å²) < 4.78 is 5.51. The van der Waals surface area contributed by atoms with Gasteiger partial charge in [0.2, 0.25) is 5.91 Å². The number of carbonyl (C=O) groups is 2. The zero-order valence-electron chi connectivity index (χ0n) is 52.7. The molecule has 78 heavy (non-hydrogen) atoms. The maximum atomic E-state index is 12.5. The summed E-state index contributed by atoms with van der Waals surface area (Å²) in [6.45, 7) is 4.90. The number of nitrogens with one attached hydrogen (secondary N) is 1. The molecular formula is C72H137NO5. The van der Waals surface area contributed by atoms with Crippen LogP contribution in [0.4, 0.5) is 0 Å². The molecule has 0 rings (SSSR count). The Morgan fingerprint density at radius 2 is 0.641 bits per heavy atom. The summed E-state index contributed by atoms with van der Waals surface area (Å²) in [5.74, 6) is -0.0481. The van der Waals surface area contributed by atoms with E-state index >= 15 is 0 Å². The van der Waals surface area contributed by atoms with Crippen LogP contribution in [-0.4, -0.2) is 47.4 Å². The van der Waals surface area contributed by atoms with Crippen LogP contribution in [0.25, 0.3) is 0 Å². The Hall–Kier alpha value is -1.92. The molecule has 0 aromatic heterocycles. The third-order valence-electron chi connectivity index (χ3n) is 16.4. The molecule has 0 aliphatic heterocycles. The average molecular weight is 1100 g/mol. The van der Waals surface area contributed by atoms with Gasteiger partial charge in [-0.3, -0.25) is 9.59 Å². The van der Waals surface area contributed by atoms with Crippen molar-refractivity contribution in [3.05, 3.63) is 36.5 Å². The number of esters is 1. The van der Waals surface area contributed by atoms with Crippen LogP contribution < -0.4 is 5.32 Å². The molecule has 0 aromatic carbocycles. The molecule has 0 aliphatic carbocycles. The van der Waals surface area contributed by atoms with Crippen molar-refractivity contribution in [2.75, 3.05) is 13.2 Å². The topological polar surface area (TPSA) is 95.9 Å². The van der Waals surface area contributed by atoms with Crippen LogP contribution >= 0.6 is 0 Å². The minimum atomic E-state index is -0.842. The normalized spacial score (nSPS) is 12.7. The van der Waals surface area contributed by atoms with E-state index in [-0.39, 0.29) is 18.5 Å². The molecule has 0 aromatic rings. The van der Waals surface area contributed by atoms with Crippen molar-refractivity contribution in [3.8, 4) is 0 Å². The van der Waals surface area contributed by atoms with Crippen molar-refractivity contribution in [2.24, 2.45) is 0 Å². The largest absolute Gasteiger partial charge is 0.466 e. The minimum Gasteiger partial charge on any atom is -0.466 e. The van der Waals surface area contributed by atoms with Crippen LogP contribution in [0.5, 0.6) is 0 Å². The highest BCUT2D eigenvalue weighted by Gasteiger charge is 2.18. The number of unbranched alkanes of at least 4 members (excludes halogenated alkanes) is 51. The lowest BCUT2D eigenvalue weighted by Crippen LogP contribution is -2.45. The van der Waals surface area contributed by atoms with Crippen molar-refractivity contribution >= 4 is 11.9 Å². The number of ether oxygens (including phenoxy) is 1. The first kappa shape index (κ1) is 76.1. The van der Waals surface area contributed by atoms with Crippen LogP contribution in [0.1, 0.15) is 386 Å². The number of hydrogen-bond donors (Lipinski definition) is 3. The first-order valence-electron chi connectivity index (χ1n) is 35.3. The van der Waals surface area contributed by atoms with Gasteiger partial charge >= 0.3 is 5.97 Å². The number of allylic oxidation sites excluding steroid dienone is 5. The molecule has 0 saturated carbocycles. The molecule has 0 bridgehead atoms. The maximum absolute atomic E-state index is 12.5. The summed E-state index contributed by atoms with van der Waals surface area (Å²) >= 11 is 0. The summed E-state index contributed by atoms with van der Waals surface area (Å²) in [6.07, 6.45) is 86.5. The Morgan fingerprint density at radius 1 is 0.359 bits per heavy atom. The second-order valence-electron chi connectivity index (χ2n) is 24.2. The van der Waals surface area contributed by atoms with Gasteiger partial charge in [0.25, 0.3) is 0 Å². The fourth-order valence-electron chi connectivity index (χ4n) is 11.0. The Balaban J connectivity index is 3.34. The number of rotatable bonds is 66. The van der Waals surface area contributed by atoms with Crippen LogP contribution in [0.3, 0.4) is 0 Å². The Morgan fingerprint density at radius 3 is 1.00 bits per heavy atom. The molecule has 3 N–H and O–H groups in total. The molecule has 0 fully saturated rings. The number of amides is 1. The van der Waals surface area contributed by atoms with Crippen LogP contribution in [0.2, 0.25) is 0 Å². The monoisotopic (exact) mass is 1100 g/mol. The zero-order valence-corrected chi connectivity index (χ0v) is 52.7. The Labute approximate surface area is 487 Å². The average Bonchev–Trinajstić information content (AvgIpc) is 3.44. The van der Waals surface area contributed by atoms with E-state index in [4.69, 9.17) is 4.74 Å². The van der Waals surface area contributed by atoms with E-state index in [2.05, 4.69) is 43.5 Å². The van der Waals surface area contributed by atoms with E-state index in [1.165, 1.54) is 308 Å². The van der Waals surface area contributed by atoms with E-state index in [1.807, 2.05) is 6.08 Å². The molecule has 460 valence electrons. The van der Waals surface area contributed by atoms with Gasteiger partial charge in [-0.1, -0.05) is 346 Å². The molecule has 0 heterocycles. The van der Waals surface area contributed by atoms with Gasteiger partial charge in [0, 0.05) is 12.8 Å². The fraction of sp³-hybridized carbons (Fsp3) is 0.889. The van der Waals surface area contributed by atoms with Gasteiger partial charge in [-0.2, -0.15) is 0 Å². The molecule has 0 radical (unpaired) electrons. The highest BCUT2D eigenvalue weighted by Crippen LogP contribution is 2.19. The first-order chi connectivity index (χ1) is 38.5. The first-order valence-corrected chi connectivity index (χ1v) is 35.3. The van der Waals surface area contributed by atoms with Crippen molar-refractivity contribution in [1.82, 2.24) is 5.32 Å².